The first-order chi connectivity index (χ1) is 11.0. The van der Waals surface area contributed by atoms with Crippen LogP contribution in [0.3, 0.4) is 0 Å². The molecule has 120 valence electrons. The summed E-state index contributed by atoms with van der Waals surface area (Å²) in [6.07, 6.45) is 3.94. The Bertz CT molecular complexity index is 870. The van der Waals surface area contributed by atoms with Gasteiger partial charge >= 0.3 is 0 Å². The maximum atomic E-state index is 11.5. The van der Waals surface area contributed by atoms with Gasteiger partial charge in [0.15, 0.2) is 0 Å². The van der Waals surface area contributed by atoms with Gasteiger partial charge in [0, 0.05) is 48.0 Å². The van der Waals surface area contributed by atoms with Crippen LogP contribution in [0.25, 0.3) is 5.78 Å². The van der Waals surface area contributed by atoms with E-state index in [1.807, 2.05) is 50.2 Å². The second-order valence-corrected chi connectivity index (χ2v) is 7.02. The molecule has 0 N–H and O–H groups in total. The van der Waals surface area contributed by atoms with Crippen LogP contribution in [0.15, 0.2) is 35.5 Å². The molecule has 0 saturated carbocycles. The van der Waals surface area contributed by atoms with E-state index in [0.717, 1.165) is 34.0 Å². The monoisotopic (exact) mass is 329 g/mol. The molecule has 23 heavy (non-hydrogen) atoms. The molecule has 0 fully saturated rings. The smallest absolute Gasteiger partial charge is 0.254 e. The lowest BCUT2D eigenvalue weighted by atomic mass is 10.0. The first-order valence-corrected chi connectivity index (χ1v) is 8.82. The van der Waals surface area contributed by atoms with Gasteiger partial charge < -0.3 is 4.90 Å². The summed E-state index contributed by atoms with van der Waals surface area (Å²) in [4.78, 5) is 11.6. The molecule has 3 rings (SSSR count). The summed E-state index contributed by atoms with van der Waals surface area (Å²) in [6, 6.07) is 7.86. The predicted octanol–water partition coefficient (Wildman–Crippen LogP) is 1.83. The fourth-order valence-electron chi connectivity index (χ4n) is 2.58. The highest BCUT2D eigenvalue weighted by atomic mass is 32.2. The molecule has 1 aromatic carbocycles. The average Bonchev–Trinajstić information content (AvgIpc) is 2.99. The zero-order valence-corrected chi connectivity index (χ0v) is 14.5. The topological polar surface area (TPSA) is 63.4 Å². The standard InChI is InChI=1S/C16H19N5OS/c1-11-14(9-12-5-7-13(8-6-12)23(4)22)15(20(2)3)19-16-17-10-18-21(11)16/h5-8,10H,9H2,1-4H3. The normalized spacial score (nSPS) is 12.5. The quantitative estimate of drug-likeness (QED) is 0.731. The highest BCUT2D eigenvalue weighted by Crippen LogP contribution is 2.24. The van der Waals surface area contributed by atoms with Crippen LogP contribution in [-0.4, -0.2) is 44.1 Å². The molecule has 2 aromatic heterocycles. The van der Waals surface area contributed by atoms with Gasteiger partial charge in [-0.2, -0.15) is 15.1 Å². The lowest BCUT2D eigenvalue weighted by Crippen LogP contribution is -2.17. The summed E-state index contributed by atoms with van der Waals surface area (Å²) in [5.74, 6) is 1.50. The van der Waals surface area contributed by atoms with Crippen molar-refractivity contribution in [3.8, 4) is 0 Å². The van der Waals surface area contributed by atoms with Crippen molar-refractivity contribution in [2.24, 2.45) is 0 Å². The van der Waals surface area contributed by atoms with E-state index in [4.69, 9.17) is 0 Å². The molecule has 1 unspecified atom stereocenters. The lowest BCUT2D eigenvalue weighted by Gasteiger charge is -2.18. The maximum Gasteiger partial charge on any atom is 0.254 e. The van der Waals surface area contributed by atoms with E-state index in [0.29, 0.717) is 5.78 Å². The first kappa shape index (κ1) is 15.6. The number of nitrogens with zero attached hydrogens (tertiary/aromatic N) is 5. The molecular formula is C16H19N5OS. The van der Waals surface area contributed by atoms with Gasteiger partial charge in [-0.3, -0.25) is 4.21 Å². The van der Waals surface area contributed by atoms with Gasteiger partial charge in [0.2, 0.25) is 0 Å². The second-order valence-electron chi connectivity index (χ2n) is 5.64. The maximum absolute atomic E-state index is 11.5. The highest BCUT2D eigenvalue weighted by molar-refractivity contribution is 7.84. The molecule has 6 nitrogen and oxygen atoms in total. The Morgan fingerprint density at radius 1 is 1.22 bits per heavy atom. The zero-order valence-electron chi connectivity index (χ0n) is 13.6. The van der Waals surface area contributed by atoms with Crippen LogP contribution in [-0.2, 0) is 17.2 Å². The van der Waals surface area contributed by atoms with Crippen LogP contribution in [0, 0.1) is 6.92 Å². The number of aromatic nitrogens is 4. The number of aryl methyl sites for hydroxylation is 1. The highest BCUT2D eigenvalue weighted by Gasteiger charge is 2.15. The molecule has 0 aliphatic heterocycles. The summed E-state index contributed by atoms with van der Waals surface area (Å²) >= 11 is 0. The van der Waals surface area contributed by atoms with Crippen LogP contribution in [0.4, 0.5) is 5.82 Å². The van der Waals surface area contributed by atoms with Gasteiger partial charge in [-0.25, -0.2) is 4.52 Å². The molecule has 0 spiro atoms. The minimum atomic E-state index is -0.956. The van der Waals surface area contributed by atoms with Crippen molar-refractivity contribution >= 4 is 22.4 Å². The minimum Gasteiger partial charge on any atom is -0.362 e. The fraction of sp³-hybridized carbons (Fsp3) is 0.312. The van der Waals surface area contributed by atoms with Gasteiger partial charge in [0.1, 0.15) is 12.1 Å². The van der Waals surface area contributed by atoms with Crippen molar-refractivity contribution < 1.29 is 4.21 Å². The van der Waals surface area contributed by atoms with E-state index in [-0.39, 0.29) is 0 Å². The van der Waals surface area contributed by atoms with E-state index in [2.05, 4.69) is 15.1 Å². The van der Waals surface area contributed by atoms with Crippen molar-refractivity contribution in [2.75, 3.05) is 25.3 Å². The Balaban J connectivity index is 2.05. The van der Waals surface area contributed by atoms with Crippen molar-refractivity contribution in [1.82, 2.24) is 19.6 Å². The minimum absolute atomic E-state index is 0.603. The van der Waals surface area contributed by atoms with Gasteiger partial charge in [-0.15, -0.1) is 0 Å². The number of hydrogen-bond acceptors (Lipinski definition) is 5. The number of rotatable bonds is 4. The molecule has 2 heterocycles. The van der Waals surface area contributed by atoms with Crippen LogP contribution in [0.5, 0.6) is 0 Å². The first-order valence-electron chi connectivity index (χ1n) is 7.26. The third kappa shape index (κ3) is 2.96. The molecule has 0 bridgehead atoms. The molecular weight excluding hydrogens is 310 g/mol. The number of hydrogen-bond donors (Lipinski definition) is 0. The third-order valence-corrected chi connectivity index (χ3v) is 4.76. The Kier molecular flexibility index (Phi) is 4.12. The third-order valence-electron chi connectivity index (χ3n) is 3.82. The summed E-state index contributed by atoms with van der Waals surface area (Å²) in [6.45, 7) is 2.03. The number of anilines is 1. The molecule has 3 aromatic rings. The van der Waals surface area contributed by atoms with Gasteiger partial charge in [0.05, 0.1) is 5.69 Å². The molecule has 0 aliphatic rings. The largest absolute Gasteiger partial charge is 0.362 e. The van der Waals surface area contributed by atoms with Gasteiger partial charge in [-0.05, 0) is 24.6 Å². The van der Waals surface area contributed by atoms with Crippen LogP contribution in [0.2, 0.25) is 0 Å². The summed E-state index contributed by atoms with van der Waals surface area (Å²) < 4.78 is 13.3. The van der Waals surface area contributed by atoms with Crippen LogP contribution >= 0.6 is 0 Å². The van der Waals surface area contributed by atoms with E-state index in [9.17, 15) is 4.21 Å². The summed E-state index contributed by atoms with van der Waals surface area (Å²) in [7, 11) is 2.99. The van der Waals surface area contributed by atoms with E-state index in [1.54, 1.807) is 10.8 Å². The molecule has 0 saturated heterocycles. The van der Waals surface area contributed by atoms with Gasteiger partial charge in [-0.1, -0.05) is 12.1 Å². The average molecular weight is 329 g/mol. The molecule has 7 heteroatoms. The summed E-state index contributed by atoms with van der Waals surface area (Å²) in [5, 5.41) is 4.24. The predicted molar refractivity (Wildman–Crippen MR) is 91.4 cm³/mol. The lowest BCUT2D eigenvalue weighted by molar-refractivity contribution is 0.687. The van der Waals surface area contributed by atoms with Gasteiger partial charge in [0.25, 0.3) is 5.78 Å². The molecule has 1 atom stereocenters. The van der Waals surface area contributed by atoms with Crippen molar-refractivity contribution in [1.29, 1.82) is 0 Å². The van der Waals surface area contributed by atoms with Crippen molar-refractivity contribution in [3.63, 3.8) is 0 Å². The Morgan fingerprint density at radius 2 is 1.91 bits per heavy atom. The van der Waals surface area contributed by atoms with E-state index in [1.165, 1.54) is 6.33 Å². The Hall–Kier alpha value is -2.28. The van der Waals surface area contributed by atoms with Crippen molar-refractivity contribution in [2.45, 2.75) is 18.2 Å². The van der Waals surface area contributed by atoms with E-state index >= 15 is 0 Å². The van der Waals surface area contributed by atoms with Crippen LogP contribution in [0.1, 0.15) is 16.8 Å². The SMILES string of the molecule is Cc1c(Cc2ccc(S(C)=O)cc2)c(N(C)C)nc2ncnn12. The Morgan fingerprint density at radius 3 is 2.52 bits per heavy atom. The van der Waals surface area contributed by atoms with E-state index < -0.39 is 10.8 Å². The second kappa shape index (κ2) is 6.08. The molecule has 0 amide bonds. The fourth-order valence-corrected chi connectivity index (χ4v) is 3.10. The number of fused-ring (bicyclic) bond motifs is 1. The zero-order chi connectivity index (χ0) is 16.6. The molecule has 0 aliphatic carbocycles. The van der Waals surface area contributed by atoms with Crippen molar-refractivity contribution in [3.05, 3.63) is 47.4 Å². The molecule has 0 radical (unpaired) electrons. The number of benzene rings is 1. The Labute approximate surface area is 137 Å². The summed E-state index contributed by atoms with van der Waals surface area (Å²) in [5.41, 5.74) is 3.28. The van der Waals surface area contributed by atoms with Crippen LogP contribution < -0.4 is 4.90 Å².